The molecule has 1 rings (SSSR count). The molecule has 0 bridgehead atoms. The summed E-state index contributed by atoms with van der Waals surface area (Å²) in [4.78, 5) is 12.3. The lowest BCUT2D eigenvalue weighted by atomic mass is 10.1. The number of phenolic OH excluding ortho intramolecular Hbond substituents is 1. The third kappa shape index (κ3) is 3.46. The Balaban J connectivity index is 2.91. The van der Waals surface area contributed by atoms with Crippen molar-refractivity contribution < 1.29 is 14.4 Å². The summed E-state index contributed by atoms with van der Waals surface area (Å²) in [7, 11) is 0. The van der Waals surface area contributed by atoms with E-state index in [1.54, 1.807) is 0 Å². The predicted molar refractivity (Wildman–Crippen MR) is 62.4 cm³/mol. The number of halogens is 1. The highest BCUT2D eigenvalue weighted by molar-refractivity contribution is 5.59. The van der Waals surface area contributed by atoms with Gasteiger partial charge in [-0.25, -0.2) is 4.39 Å². The Morgan fingerprint density at radius 3 is 2.94 bits per heavy atom. The van der Waals surface area contributed by atoms with Crippen LogP contribution in [0.15, 0.2) is 23.3 Å². The molecule has 94 valence electrons. The van der Waals surface area contributed by atoms with Crippen molar-refractivity contribution in [3.63, 3.8) is 0 Å². The van der Waals surface area contributed by atoms with Gasteiger partial charge < -0.3 is 5.11 Å². The summed E-state index contributed by atoms with van der Waals surface area (Å²) in [5.41, 5.74) is 7.45. The van der Waals surface area contributed by atoms with Gasteiger partial charge in [-0.3, -0.25) is 10.1 Å². The van der Waals surface area contributed by atoms with Gasteiger partial charge in [-0.05, 0) is 12.0 Å². The summed E-state index contributed by atoms with van der Waals surface area (Å²) in [5, 5.41) is 23.0. The molecule has 0 saturated carbocycles. The first-order chi connectivity index (χ1) is 8.56. The summed E-state index contributed by atoms with van der Waals surface area (Å²) in [6.07, 6.45) is 3.24. The van der Waals surface area contributed by atoms with Crippen LogP contribution >= 0.6 is 0 Å². The minimum Gasteiger partial charge on any atom is -0.502 e. The van der Waals surface area contributed by atoms with Crippen molar-refractivity contribution >= 4 is 11.8 Å². The third-order valence-corrected chi connectivity index (χ3v) is 2.05. The number of hydrogen-bond donors (Lipinski definition) is 1. The van der Waals surface area contributed by atoms with Gasteiger partial charge in [0.15, 0.2) is 5.75 Å². The van der Waals surface area contributed by atoms with Gasteiger partial charge in [-0.15, -0.1) is 0 Å². The molecule has 18 heavy (non-hydrogen) atoms. The fraction of sp³-hybridized carbons (Fsp3) is 0.200. The number of rotatable bonds is 5. The molecule has 0 aromatic heterocycles. The highest BCUT2D eigenvalue weighted by Gasteiger charge is 2.16. The summed E-state index contributed by atoms with van der Waals surface area (Å²) < 4.78 is 13.4. The molecule has 0 saturated heterocycles. The van der Waals surface area contributed by atoms with Gasteiger partial charge in [-0.1, -0.05) is 17.3 Å². The van der Waals surface area contributed by atoms with Crippen molar-refractivity contribution in [3.05, 3.63) is 50.1 Å². The molecule has 0 radical (unpaired) electrons. The van der Waals surface area contributed by atoms with E-state index >= 15 is 0 Å². The molecule has 0 aliphatic carbocycles. The summed E-state index contributed by atoms with van der Waals surface area (Å²) >= 11 is 0. The first-order valence-electron chi connectivity index (χ1n) is 4.90. The molecule has 0 fully saturated rings. The van der Waals surface area contributed by atoms with Crippen LogP contribution in [0, 0.1) is 15.9 Å². The predicted octanol–water partition coefficient (Wildman–Crippen LogP) is 3.15. The lowest BCUT2D eigenvalue weighted by Crippen LogP contribution is -1.92. The van der Waals surface area contributed by atoms with Crippen LogP contribution in [0.3, 0.4) is 0 Å². The Kier molecular flexibility index (Phi) is 4.65. The van der Waals surface area contributed by atoms with Crippen molar-refractivity contribution in [1.29, 1.82) is 0 Å². The molecule has 8 heteroatoms. The summed E-state index contributed by atoms with van der Waals surface area (Å²) in [5.74, 6) is -1.48. The standard InChI is InChI=1S/C10H9FN4O3/c11-8-6-10(16)9(15(17)18)5-7(8)3-1-2-4-13-14-12/h1,3,5-6,16H,2,4H2. The molecule has 7 nitrogen and oxygen atoms in total. The molecular weight excluding hydrogens is 243 g/mol. The van der Waals surface area contributed by atoms with Gasteiger partial charge in [0.25, 0.3) is 0 Å². The van der Waals surface area contributed by atoms with E-state index < -0.39 is 22.2 Å². The van der Waals surface area contributed by atoms with Crippen LogP contribution in [-0.4, -0.2) is 16.6 Å². The van der Waals surface area contributed by atoms with E-state index in [2.05, 4.69) is 10.0 Å². The molecule has 0 amide bonds. The first kappa shape index (κ1) is 13.5. The van der Waals surface area contributed by atoms with Gasteiger partial charge in [0.05, 0.1) is 4.92 Å². The maximum atomic E-state index is 13.4. The van der Waals surface area contributed by atoms with E-state index in [1.165, 1.54) is 12.2 Å². The van der Waals surface area contributed by atoms with Gasteiger partial charge in [-0.2, -0.15) is 0 Å². The van der Waals surface area contributed by atoms with Crippen LogP contribution in [0.4, 0.5) is 10.1 Å². The second kappa shape index (κ2) is 6.21. The maximum Gasteiger partial charge on any atom is 0.311 e. The smallest absolute Gasteiger partial charge is 0.311 e. The quantitative estimate of drug-likeness (QED) is 0.217. The molecule has 0 unspecified atom stereocenters. The van der Waals surface area contributed by atoms with Crippen LogP contribution in [-0.2, 0) is 0 Å². The fourth-order valence-corrected chi connectivity index (χ4v) is 1.23. The van der Waals surface area contributed by atoms with Crippen LogP contribution in [0.1, 0.15) is 12.0 Å². The Hall–Kier alpha value is -2.60. The number of nitro groups is 1. The number of azide groups is 1. The van der Waals surface area contributed by atoms with Crippen molar-refractivity contribution in [2.75, 3.05) is 6.54 Å². The second-order valence-corrected chi connectivity index (χ2v) is 3.27. The fourth-order valence-electron chi connectivity index (χ4n) is 1.23. The lowest BCUT2D eigenvalue weighted by molar-refractivity contribution is -0.385. The van der Waals surface area contributed by atoms with E-state index in [-0.39, 0.29) is 12.1 Å². The normalized spacial score (nSPS) is 10.3. The van der Waals surface area contributed by atoms with E-state index in [0.717, 1.165) is 6.07 Å². The van der Waals surface area contributed by atoms with Crippen LogP contribution in [0.25, 0.3) is 16.5 Å². The zero-order chi connectivity index (χ0) is 13.5. The van der Waals surface area contributed by atoms with E-state index in [9.17, 15) is 14.5 Å². The minimum atomic E-state index is -0.800. The number of nitro benzene ring substituents is 1. The summed E-state index contributed by atoms with van der Waals surface area (Å²) in [6.45, 7) is 0.217. The largest absolute Gasteiger partial charge is 0.502 e. The zero-order valence-electron chi connectivity index (χ0n) is 9.15. The zero-order valence-corrected chi connectivity index (χ0v) is 9.15. The van der Waals surface area contributed by atoms with Crippen molar-refractivity contribution in [3.8, 4) is 5.75 Å². The molecular formula is C10H9FN4O3. The molecule has 0 aliphatic heterocycles. The second-order valence-electron chi connectivity index (χ2n) is 3.27. The summed E-state index contributed by atoms with van der Waals surface area (Å²) in [6, 6.07) is 1.62. The first-order valence-corrected chi connectivity index (χ1v) is 4.90. The van der Waals surface area contributed by atoms with Gasteiger partial charge in [0, 0.05) is 29.2 Å². The van der Waals surface area contributed by atoms with Gasteiger partial charge >= 0.3 is 5.69 Å². The van der Waals surface area contributed by atoms with Crippen molar-refractivity contribution in [2.45, 2.75) is 6.42 Å². The average Bonchev–Trinajstić information content (AvgIpc) is 2.30. The van der Waals surface area contributed by atoms with E-state index in [4.69, 9.17) is 10.6 Å². The van der Waals surface area contributed by atoms with Crippen LogP contribution in [0.5, 0.6) is 5.75 Å². The SMILES string of the molecule is [N-]=[N+]=NCCC=Cc1cc([N+](=O)[O-])c(O)cc1F. The van der Waals surface area contributed by atoms with Crippen LogP contribution in [0.2, 0.25) is 0 Å². The topological polar surface area (TPSA) is 112 Å². The van der Waals surface area contributed by atoms with Gasteiger partial charge in [0.1, 0.15) is 5.82 Å². The maximum absolute atomic E-state index is 13.4. The average molecular weight is 252 g/mol. The molecule has 0 heterocycles. The number of nitrogens with zero attached hydrogens (tertiary/aromatic N) is 4. The number of aromatic hydroxyl groups is 1. The molecule has 1 aromatic rings. The van der Waals surface area contributed by atoms with E-state index in [1.807, 2.05) is 0 Å². The highest BCUT2D eigenvalue weighted by Crippen LogP contribution is 2.29. The Bertz CT molecular complexity index is 538. The van der Waals surface area contributed by atoms with Crippen LogP contribution < -0.4 is 0 Å². The molecule has 1 aromatic carbocycles. The van der Waals surface area contributed by atoms with Crippen molar-refractivity contribution in [1.82, 2.24) is 0 Å². The highest BCUT2D eigenvalue weighted by atomic mass is 19.1. The monoisotopic (exact) mass is 252 g/mol. The Morgan fingerprint density at radius 1 is 1.61 bits per heavy atom. The van der Waals surface area contributed by atoms with Gasteiger partial charge in [0.2, 0.25) is 0 Å². The molecule has 0 spiro atoms. The number of hydrogen-bond acceptors (Lipinski definition) is 4. The minimum absolute atomic E-state index is 0.0135. The number of phenols is 1. The molecule has 1 N–H and O–H groups in total. The Labute approximate surface area is 101 Å². The third-order valence-electron chi connectivity index (χ3n) is 2.05. The number of benzene rings is 1. The van der Waals surface area contributed by atoms with E-state index in [0.29, 0.717) is 12.5 Å². The molecule has 0 atom stereocenters. The lowest BCUT2D eigenvalue weighted by Gasteiger charge is -2.00. The Morgan fingerprint density at radius 2 is 2.33 bits per heavy atom. The molecule has 0 aliphatic rings. The van der Waals surface area contributed by atoms with Crippen molar-refractivity contribution in [2.24, 2.45) is 5.11 Å².